The molecule has 2 rings (SSSR count). The summed E-state index contributed by atoms with van der Waals surface area (Å²) in [6.07, 6.45) is 2.39. The third-order valence-electron chi connectivity index (χ3n) is 3.60. The molecule has 0 spiro atoms. The lowest BCUT2D eigenvalue weighted by Gasteiger charge is -2.24. The Morgan fingerprint density at radius 2 is 1.43 bits per heavy atom. The maximum absolute atomic E-state index is 10.7. The van der Waals surface area contributed by atoms with Crippen LogP contribution in [0, 0.1) is 0 Å². The smallest absolute Gasteiger partial charge is 0.113 e. The molecule has 1 N–H and O–H groups in total. The molecule has 2 aromatic carbocycles. The highest BCUT2D eigenvalue weighted by molar-refractivity contribution is 5.25. The highest BCUT2D eigenvalue weighted by Crippen LogP contribution is 2.32. The van der Waals surface area contributed by atoms with E-state index in [1.54, 1.807) is 0 Å². The fourth-order valence-corrected chi connectivity index (χ4v) is 2.40. The molecule has 112 valence electrons. The minimum absolute atomic E-state index is 0.314. The number of hydrogen-bond acceptors (Lipinski definition) is 2. The van der Waals surface area contributed by atoms with Crippen LogP contribution in [0.15, 0.2) is 60.7 Å². The molecule has 0 saturated carbocycles. The molecule has 2 nitrogen and oxygen atoms in total. The highest BCUT2D eigenvalue weighted by Gasteiger charge is 2.23. The Balaban J connectivity index is 2.11. The second-order valence-corrected chi connectivity index (χ2v) is 5.26. The summed E-state index contributed by atoms with van der Waals surface area (Å²) >= 11 is 0. The minimum atomic E-state index is -0.643. The summed E-state index contributed by atoms with van der Waals surface area (Å²) in [5, 5.41) is 10.7. The predicted octanol–water partition coefficient (Wildman–Crippen LogP) is 4.67. The van der Waals surface area contributed by atoms with E-state index in [2.05, 4.69) is 6.92 Å². The third-order valence-corrected chi connectivity index (χ3v) is 3.60. The lowest BCUT2D eigenvalue weighted by atomic mass is 9.98. The Labute approximate surface area is 127 Å². The zero-order valence-electron chi connectivity index (χ0n) is 12.6. The third kappa shape index (κ3) is 4.69. The van der Waals surface area contributed by atoms with E-state index in [0.29, 0.717) is 6.61 Å². The van der Waals surface area contributed by atoms with Crippen LogP contribution in [0.3, 0.4) is 0 Å². The van der Waals surface area contributed by atoms with Crippen molar-refractivity contribution >= 4 is 0 Å². The molecule has 2 unspecified atom stereocenters. The zero-order valence-corrected chi connectivity index (χ0v) is 12.6. The van der Waals surface area contributed by atoms with Gasteiger partial charge in [-0.3, -0.25) is 0 Å². The van der Waals surface area contributed by atoms with Crippen molar-refractivity contribution in [2.24, 2.45) is 0 Å². The van der Waals surface area contributed by atoms with Gasteiger partial charge < -0.3 is 9.84 Å². The minimum Gasteiger partial charge on any atom is -0.385 e. The van der Waals surface area contributed by atoms with E-state index in [-0.39, 0.29) is 6.10 Å². The molecular formula is C19H24O2. The van der Waals surface area contributed by atoms with Gasteiger partial charge in [-0.2, -0.15) is 0 Å². The molecule has 2 heteroatoms. The van der Waals surface area contributed by atoms with Crippen molar-refractivity contribution in [3.63, 3.8) is 0 Å². The maximum atomic E-state index is 10.7. The summed E-state index contributed by atoms with van der Waals surface area (Å²) in [5.41, 5.74) is 1.91. The van der Waals surface area contributed by atoms with Crippen LogP contribution in [-0.4, -0.2) is 11.7 Å². The standard InChI is InChI=1S/C19H24O2/c1-2-3-10-15-21-19(17-13-8-5-9-14-17)18(20)16-11-6-4-7-12-16/h4-9,11-14,18-20H,2-3,10,15H2,1H3. The first-order chi connectivity index (χ1) is 10.3. The number of benzene rings is 2. The fraction of sp³-hybridized carbons (Fsp3) is 0.368. The quantitative estimate of drug-likeness (QED) is 0.714. The fourth-order valence-electron chi connectivity index (χ4n) is 2.40. The Bertz CT molecular complexity index is 495. The van der Waals surface area contributed by atoms with Gasteiger partial charge in [0.05, 0.1) is 0 Å². The Kier molecular flexibility index (Phi) is 6.45. The largest absolute Gasteiger partial charge is 0.385 e. The van der Waals surface area contributed by atoms with Gasteiger partial charge in [-0.1, -0.05) is 80.4 Å². The van der Waals surface area contributed by atoms with E-state index in [4.69, 9.17) is 4.74 Å². The van der Waals surface area contributed by atoms with Crippen molar-refractivity contribution in [2.45, 2.75) is 38.4 Å². The van der Waals surface area contributed by atoms with E-state index in [9.17, 15) is 5.11 Å². The Morgan fingerprint density at radius 3 is 2.00 bits per heavy atom. The van der Waals surface area contributed by atoms with Crippen LogP contribution >= 0.6 is 0 Å². The second-order valence-electron chi connectivity index (χ2n) is 5.26. The molecule has 0 radical (unpaired) electrons. The van der Waals surface area contributed by atoms with E-state index in [1.165, 1.54) is 6.42 Å². The molecule has 0 saturated heterocycles. The van der Waals surface area contributed by atoms with Gasteiger partial charge in [0.25, 0.3) is 0 Å². The van der Waals surface area contributed by atoms with Gasteiger partial charge in [0.15, 0.2) is 0 Å². The summed E-state index contributed by atoms with van der Waals surface area (Å²) in [6.45, 7) is 2.85. The first-order valence-corrected chi connectivity index (χ1v) is 7.72. The van der Waals surface area contributed by atoms with Crippen molar-refractivity contribution < 1.29 is 9.84 Å². The first kappa shape index (κ1) is 15.7. The number of ether oxygens (including phenoxy) is 1. The number of rotatable bonds is 8. The molecule has 2 aromatic rings. The monoisotopic (exact) mass is 284 g/mol. The average molecular weight is 284 g/mol. The van der Waals surface area contributed by atoms with Crippen LogP contribution in [0.1, 0.15) is 49.5 Å². The first-order valence-electron chi connectivity index (χ1n) is 7.72. The molecule has 0 aromatic heterocycles. The molecule has 0 aliphatic rings. The molecule has 21 heavy (non-hydrogen) atoms. The molecule has 0 amide bonds. The molecule has 0 fully saturated rings. The molecule has 0 aliphatic carbocycles. The van der Waals surface area contributed by atoms with Crippen LogP contribution in [0.5, 0.6) is 0 Å². The van der Waals surface area contributed by atoms with Gasteiger partial charge in [0, 0.05) is 6.61 Å². The van der Waals surface area contributed by atoms with Crippen LogP contribution < -0.4 is 0 Å². The van der Waals surface area contributed by atoms with E-state index in [1.807, 2.05) is 60.7 Å². The van der Waals surface area contributed by atoms with Crippen molar-refractivity contribution in [3.8, 4) is 0 Å². The number of aliphatic hydroxyl groups is 1. The topological polar surface area (TPSA) is 29.5 Å². The SMILES string of the molecule is CCCCCOC(c1ccccc1)C(O)c1ccccc1. The van der Waals surface area contributed by atoms with Gasteiger partial charge in [0.2, 0.25) is 0 Å². The molecular weight excluding hydrogens is 260 g/mol. The van der Waals surface area contributed by atoms with Crippen molar-refractivity contribution in [2.75, 3.05) is 6.61 Å². The van der Waals surface area contributed by atoms with Gasteiger partial charge >= 0.3 is 0 Å². The number of unbranched alkanes of at least 4 members (excludes halogenated alkanes) is 2. The Morgan fingerprint density at radius 1 is 0.857 bits per heavy atom. The lowest BCUT2D eigenvalue weighted by Crippen LogP contribution is -2.15. The zero-order chi connectivity index (χ0) is 14.9. The van der Waals surface area contributed by atoms with Crippen LogP contribution in [0.2, 0.25) is 0 Å². The van der Waals surface area contributed by atoms with E-state index >= 15 is 0 Å². The van der Waals surface area contributed by atoms with Gasteiger partial charge in [-0.15, -0.1) is 0 Å². The molecule has 2 atom stereocenters. The predicted molar refractivity (Wildman–Crippen MR) is 86.1 cm³/mol. The summed E-state index contributed by atoms with van der Waals surface area (Å²) in [5.74, 6) is 0. The van der Waals surface area contributed by atoms with E-state index < -0.39 is 6.10 Å². The summed E-state index contributed by atoms with van der Waals surface area (Å²) in [6, 6.07) is 19.7. The highest BCUT2D eigenvalue weighted by atomic mass is 16.5. The van der Waals surface area contributed by atoms with Crippen molar-refractivity contribution in [1.82, 2.24) is 0 Å². The van der Waals surface area contributed by atoms with Crippen LogP contribution in [0.4, 0.5) is 0 Å². The maximum Gasteiger partial charge on any atom is 0.113 e. The van der Waals surface area contributed by atoms with Crippen molar-refractivity contribution in [1.29, 1.82) is 0 Å². The number of aliphatic hydroxyl groups excluding tert-OH is 1. The van der Waals surface area contributed by atoms with E-state index in [0.717, 1.165) is 24.0 Å². The molecule has 0 aliphatic heterocycles. The van der Waals surface area contributed by atoms with Crippen LogP contribution in [0.25, 0.3) is 0 Å². The lowest BCUT2D eigenvalue weighted by molar-refractivity contribution is -0.0423. The molecule has 0 heterocycles. The number of hydrogen-bond donors (Lipinski definition) is 1. The average Bonchev–Trinajstić information content (AvgIpc) is 2.56. The second kappa shape index (κ2) is 8.60. The summed E-state index contributed by atoms with van der Waals surface area (Å²) < 4.78 is 6.00. The molecule has 0 bridgehead atoms. The summed E-state index contributed by atoms with van der Waals surface area (Å²) in [4.78, 5) is 0. The van der Waals surface area contributed by atoms with Crippen LogP contribution in [-0.2, 0) is 4.74 Å². The van der Waals surface area contributed by atoms with Crippen molar-refractivity contribution in [3.05, 3.63) is 71.8 Å². The Hall–Kier alpha value is -1.64. The van der Waals surface area contributed by atoms with Gasteiger partial charge in [0.1, 0.15) is 12.2 Å². The normalized spacial score (nSPS) is 13.8. The summed E-state index contributed by atoms with van der Waals surface area (Å²) in [7, 11) is 0. The van der Waals surface area contributed by atoms with Gasteiger partial charge in [-0.05, 0) is 17.5 Å². The van der Waals surface area contributed by atoms with Gasteiger partial charge in [-0.25, -0.2) is 0 Å².